The van der Waals surface area contributed by atoms with Crippen molar-refractivity contribution < 1.29 is 9.13 Å². The van der Waals surface area contributed by atoms with Gasteiger partial charge < -0.3 is 15.4 Å². The molecule has 0 radical (unpaired) electrons. The molecule has 0 spiro atoms. The van der Waals surface area contributed by atoms with Crippen LogP contribution in [0.15, 0.2) is 42.5 Å². The van der Waals surface area contributed by atoms with E-state index in [1.165, 1.54) is 6.07 Å². The highest BCUT2D eigenvalue weighted by molar-refractivity contribution is 5.63. The van der Waals surface area contributed by atoms with Crippen molar-refractivity contribution in [2.24, 2.45) is 5.73 Å². The summed E-state index contributed by atoms with van der Waals surface area (Å²) in [6.45, 7) is 0.207. The third kappa shape index (κ3) is 2.85. The van der Waals surface area contributed by atoms with E-state index in [0.717, 1.165) is 17.1 Å². The molecule has 2 N–H and O–H groups in total. The van der Waals surface area contributed by atoms with Crippen molar-refractivity contribution >= 4 is 11.4 Å². The van der Waals surface area contributed by atoms with Crippen LogP contribution in [0.4, 0.5) is 15.8 Å². The Morgan fingerprint density at radius 3 is 2.26 bits per heavy atom. The monoisotopic (exact) mass is 260 g/mol. The van der Waals surface area contributed by atoms with Crippen LogP contribution in [0.2, 0.25) is 0 Å². The van der Waals surface area contributed by atoms with E-state index in [0.29, 0.717) is 5.56 Å². The van der Waals surface area contributed by atoms with Gasteiger partial charge in [-0.15, -0.1) is 0 Å². The molecule has 0 atom stereocenters. The SMILES string of the molecule is COc1ccc(N(C)c2ccc(CN)c(F)c2)cc1. The van der Waals surface area contributed by atoms with E-state index < -0.39 is 0 Å². The Kier molecular flexibility index (Phi) is 4.02. The second kappa shape index (κ2) is 5.71. The van der Waals surface area contributed by atoms with Crippen LogP contribution in [0.25, 0.3) is 0 Å². The maximum atomic E-state index is 13.7. The van der Waals surface area contributed by atoms with Crippen molar-refractivity contribution in [1.29, 1.82) is 0 Å². The van der Waals surface area contributed by atoms with Crippen LogP contribution in [-0.2, 0) is 6.54 Å². The van der Waals surface area contributed by atoms with Crippen molar-refractivity contribution in [1.82, 2.24) is 0 Å². The smallest absolute Gasteiger partial charge is 0.129 e. The molecule has 0 unspecified atom stereocenters. The summed E-state index contributed by atoms with van der Waals surface area (Å²) in [6.07, 6.45) is 0. The predicted molar refractivity (Wildman–Crippen MR) is 75.3 cm³/mol. The molecule has 100 valence electrons. The highest BCUT2D eigenvalue weighted by Crippen LogP contribution is 2.26. The lowest BCUT2D eigenvalue weighted by atomic mass is 10.1. The Bertz CT molecular complexity index is 555. The van der Waals surface area contributed by atoms with Crippen molar-refractivity contribution in [3.63, 3.8) is 0 Å². The standard InChI is InChI=1S/C15H17FN2O/c1-18(12-5-7-14(19-2)8-6-12)13-4-3-11(10-17)15(16)9-13/h3-9H,10,17H2,1-2H3. The molecule has 0 heterocycles. The van der Waals surface area contributed by atoms with Crippen molar-refractivity contribution in [2.75, 3.05) is 19.1 Å². The van der Waals surface area contributed by atoms with E-state index in [9.17, 15) is 4.39 Å². The number of anilines is 2. The normalized spacial score (nSPS) is 10.3. The van der Waals surface area contributed by atoms with Gasteiger partial charge in [0.2, 0.25) is 0 Å². The molecule has 4 heteroatoms. The Morgan fingerprint density at radius 1 is 1.11 bits per heavy atom. The van der Waals surface area contributed by atoms with E-state index in [1.807, 2.05) is 42.3 Å². The van der Waals surface area contributed by atoms with Crippen LogP contribution >= 0.6 is 0 Å². The Morgan fingerprint density at radius 2 is 1.74 bits per heavy atom. The summed E-state index contributed by atoms with van der Waals surface area (Å²) in [5, 5.41) is 0. The van der Waals surface area contributed by atoms with Crippen LogP contribution in [-0.4, -0.2) is 14.2 Å². The fourth-order valence-electron chi connectivity index (χ4n) is 1.87. The number of rotatable bonds is 4. The number of halogens is 1. The van der Waals surface area contributed by atoms with Gasteiger partial charge in [-0.25, -0.2) is 4.39 Å². The summed E-state index contributed by atoms with van der Waals surface area (Å²) in [7, 11) is 3.51. The lowest BCUT2D eigenvalue weighted by Gasteiger charge is -2.20. The highest BCUT2D eigenvalue weighted by atomic mass is 19.1. The number of nitrogens with two attached hydrogens (primary N) is 1. The molecule has 0 aromatic heterocycles. The third-order valence-electron chi connectivity index (χ3n) is 3.10. The minimum atomic E-state index is -0.277. The average molecular weight is 260 g/mol. The Balaban J connectivity index is 2.27. The van der Waals surface area contributed by atoms with E-state index in [4.69, 9.17) is 10.5 Å². The third-order valence-corrected chi connectivity index (χ3v) is 3.10. The number of ether oxygens (including phenoxy) is 1. The van der Waals surface area contributed by atoms with Gasteiger partial charge in [-0.2, -0.15) is 0 Å². The van der Waals surface area contributed by atoms with Gasteiger partial charge in [0.1, 0.15) is 11.6 Å². The summed E-state index contributed by atoms with van der Waals surface area (Å²) in [5.41, 5.74) is 7.71. The molecule has 19 heavy (non-hydrogen) atoms. The fourth-order valence-corrected chi connectivity index (χ4v) is 1.87. The molecule has 0 fully saturated rings. The summed E-state index contributed by atoms with van der Waals surface area (Å²) in [6, 6.07) is 12.7. The van der Waals surface area contributed by atoms with E-state index in [2.05, 4.69) is 0 Å². The maximum Gasteiger partial charge on any atom is 0.129 e. The number of benzene rings is 2. The summed E-state index contributed by atoms with van der Waals surface area (Å²) in [5.74, 6) is 0.516. The molecule has 2 rings (SSSR count). The van der Waals surface area contributed by atoms with Gasteiger partial charge in [-0.05, 0) is 36.4 Å². The number of methoxy groups -OCH3 is 1. The van der Waals surface area contributed by atoms with Gasteiger partial charge in [-0.1, -0.05) is 6.07 Å². The zero-order valence-electron chi connectivity index (χ0n) is 11.1. The maximum absolute atomic E-state index is 13.7. The predicted octanol–water partition coefficient (Wildman–Crippen LogP) is 3.06. The minimum absolute atomic E-state index is 0.207. The van der Waals surface area contributed by atoms with Crippen LogP contribution in [0.5, 0.6) is 5.75 Å². The minimum Gasteiger partial charge on any atom is -0.497 e. The van der Waals surface area contributed by atoms with Crippen molar-refractivity contribution in [3.8, 4) is 5.75 Å². The van der Waals surface area contributed by atoms with Gasteiger partial charge >= 0.3 is 0 Å². The molecular formula is C15H17FN2O. The van der Waals surface area contributed by atoms with Gasteiger partial charge in [0.25, 0.3) is 0 Å². The van der Waals surface area contributed by atoms with Crippen LogP contribution in [0.1, 0.15) is 5.56 Å². The van der Waals surface area contributed by atoms with Gasteiger partial charge in [0, 0.05) is 30.5 Å². The molecule has 2 aromatic carbocycles. The fraction of sp³-hybridized carbons (Fsp3) is 0.200. The lowest BCUT2D eigenvalue weighted by molar-refractivity contribution is 0.415. The molecule has 0 saturated heterocycles. The first-order chi connectivity index (χ1) is 9.15. The summed E-state index contributed by atoms with van der Waals surface area (Å²) in [4.78, 5) is 1.91. The summed E-state index contributed by atoms with van der Waals surface area (Å²) < 4.78 is 18.8. The average Bonchev–Trinajstić information content (AvgIpc) is 2.46. The summed E-state index contributed by atoms with van der Waals surface area (Å²) >= 11 is 0. The topological polar surface area (TPSA) is 38.5 Å². The first-order valence-corrected chi connectivity index (χ1v) is 6.02. The largest absolute Gasteiger partial charge is 0.497 e. The first kappa shape index (κ1) is 13.4. The molecule has 3 nitrogen and oxygen atoms in total. The quantitative estimate of drug-likeness (QED) is 0.918. The molecule has 0 aliphatic heterocycles. The first-order valence-electron chi connectivity index (χ1n) is 6.02. The second-order valence-electron chi connectivity index (χ2n) is 4.24. The number of hydrogen-bond donors (Lipinski definition) is 1. The van der Waals surface area contributed by atoms with E-state index >= 15 is 0 Å². The lowest BCUT2D eigenvalue weighted by Crippen LogP contribution is -2.10. The second-order valence-corrected chi connectivity index (χ2v) is 4.24. The van der Waals surface area contributed by atoms with Gasteiger partial charge in [0.05, 0.1) is 7.11 Å². The molecule has 0 bridgehead atoms. The van der Waals surface area contributed by atoms with Crippen molar-refractivity contribution in [2.45, 2.75) is 6.54 Å². The Hall–Kier alpha value is -2.07. The van der Waals surface area contributed by atoms with Crippen LogP contribution in [0, 0.1) is 5.82 Å². The molecule has 2 aromatic rings. The van der Waals surface area contributed by atoms with E-state index in [1.54, 1.807) is 13.2 Å². The molecule has 0 aliphatic carbocycles. The van der Waals surface area contributed by atoms with Crippen molar-refractivity contribution in [3.05, 3.63) is 53.8 Å². The van der Waals surface area contributed by atoms with Gasteiger partial charge in [0.15, 0.2) is 0 Å². The molecule has 0 saturated carbocycles. The molecule has 0 amide bonds. The molecular weight excluding hydrogens is 243 g/mol. The molecule has 0 aliphatic rings. The van der Waals surface area contributed by atoms with Gasteiger partial charge in [-0.3, -0.25) is 0 Å². The highest BCUT2D eigenvalue weighted by Gasteiger charge is 2.07. The van der Waals surface area contributed by atoms with E-state index in [-0.39, 0.29) is 12.4 Å². The van der Waals surface area contributed by atoms with Crippen LogP contribution in [0.3, 0.4) is 0 Å². The number of hydrogen-bond acceptors (Lipinski definition) is 3. The Labute approximate surface area is 112 Å². The zero-order chi connectivity index (χ0) is 13.8. The van der Waals surface area contributed by atoms with Crippen LogP contribution < -0.4 is 15.4 Å². The number of nitrogens with zero attached hydrogens (tertiary/aromatic N) is 1. The zero-order valence-corrected chi connectivity index (χ0v) is 11.1.